The lowest BCUT2D eigenvalue weighted by molar-refractivity contribution is 0.189. The minimum atomic E-state index is -3.13. The molecule has 4 nitrogen and oxygen atoms in total. The SMILES string of the molecule is CCC(C)CS(=O)(=O)N1CC[C@H](O)C1. The van der Waals surface area contributed by atoms with Gasteiger partial charge in [0.2, 0.25) is 10.0 Å². The fourth-order valence-corrected chi connectivity index (χ4v) is 3.49. The molecule has 0 spiro atoms. The van der Waals surface area contributed by atoms with Crippen LogP contribution in [-0.4, -0.2) is 42.8 Å². The highest BCUT2D eigenvalue weighted by Gasteiger charge is 2.30. The molecule has 1 saturated heterocycles. The summed E-state index contributed by atoms with van der Waals surface area (Å²) in [6, 6.07) is 0. The van der Waals surface area contributed by atoms with Crippen LogP contribution in [0, 0.1) is 5.92 Å². The number of rotatable bonds is 4. The Morgan fingerprint density at radius 3 is 2.64 bits per heavy atom. The van der Waals surface area contributed by atoms with Gasteiger partial charge in [-0.1, -0.05) is 20.3 Å². The molecule has 0 saturated carbocycles. The molecule has 1 unspecified atom stereocenters. The van der Waals surface area contributed by atoms with Crippen molar-refractivity contribution in [3.05, 3.63) is 0 Å². The summed E-state index contributed by atoms with van der Waals surface area (Å²) in [6.07, 6.45) is 0.969. The van der Waals surface area contributed by atoms with Gasteiger partial charge in [0.1, 0.15) is 0 Å². The van der Waals surface area contributed by atoms with Crippen molar-refractivity contribution in [3.8, 4) is 0 Å². The number of aliphatic hydroxyl groups excluding tert-OH is 1. The first-order chi connectivity index (χ1) is 6.45. The van der Waals surface area contributed by atoms with Crippen LogP contribution in [-0.2, 0) is 10.0 Å². The van der Waals surface area contributed by atoms with E-state index in [1.54, 1.807) is 0 Å². The van der Waals surface area contributed by atoms with Gasteiger partial charge in [-0.15, -0.1) is 0 Å². The fourth-order valence-electron chi connectivity index (χ4n) is 1.55. The van der Waals surface area contributed by atoms with Gasteiger partial charge in [0.25, 0.3) is 0 Å². The van der Waals surface area contributed by atoms with Crippen molar-refractivity contribution < 1.29 is 13.5 Å². The van der Waals surface area contributed by atoms with Crippen LogP contribution in [0.2, 0.25) is 0 Å². The minimum Gasteiger partial charge on any atom is -0.392 e. The molecule has 84 valence electrons. The molecule has 1 N–H and O–H groups in total. The van der Waals surface area contributed by atoms with Crippen molar-refractivity contribution in [1.82, 2.24) is 4.31 Å². The molecule has 0 amide bonds. The van der Waals surface area contributed by atoms with Gasteiger partial charge in [-0.3, -0.25) is 0 Å². The van der Waals surface area contributed by atoms with Crippen molar-refractivity contribution in [1.29, 1.82) is 0 Å². The van der Waals surface area contributed by atoms with E-state index in [-0.39, 0.29) is 18.2 Å². The van der Waals surface area contributed by atoms with E-state index in [0.29, 0.717) is 13.0 Å². The summed E-state index contributed by atoms with van der Waals surface area (Å²) in [5.41, 5.74) is 0. The van der Waals surface area contributed by atoms with Crippen LogP contribution in [0.1, 0.15) is 26.7 Å². The summed E-state index contributed by atoms with van der Waals surface area (Å²) in [7, 11) is -3.13. The molecule has 0 aromatic heterocycles. The second-order valence-electron chi connectivity index (χ2n) is 4.09. The van der Waals surface area contributed by atoms with E-state index in [4.69, 9.17) is 0 Å². The molecular weight excluding hydrogens is 202 g/mol. The van der Waals surface area contributed by atoms with E-state index in [1.165, 1.54) is 4.31 Å². The van der Waals surface area contributed by atoms with Crippen LogP contribution in [0.3, 0.4) is 0 Å². The van der Waals surface area contributed by atoms with E-state index in [0.717, 1.165) is 6.42 Å². The Bertz CT molecular complexity index is 276. The Hall–Kier alpha value is -0.130. The maximum absolute atomic E-state index is 11.8. The average molecular weight is 221 g/mol. The third-order valence-electron chi connectivity index (χ3n) is 2.71. The Morgan fingerprint density at radius 1 is 1.57 bits per heavy atom. The normalized spacial score (nSPS) is 26.6. The van der Waals surface area contributed by atoms with Crippen LogP contribution in [0.15, 0.2) is 0 Å². The van der Waals surface area contributed by atoms with Gasteiger partial charge in [-0.05, 0) is 12.3 Å². The number of nitrogens with zero attached hydrogens (tertiary/aromatic N) is 1. The zero-order chi connectivity index (χ0) is 10.8. The van der Waals surface area contributed by atoms with Gasteiger partial charge in [0, 0.05) is 13.1 Å². The molecule has 0 radical (unpaired) electrons. The maximum Gasteiger partial charge on any atom is 0.214 e. The van der Waals surface area contributed by atoms with E-state index < -0.39 is 16.1 Å². The largest absolute Gasteiger partial charge is 0.392 e. The van der Waals surface area contributed by atoms with Crippen molar-refractivity contribution >= 4 is 10.0 Å². The lowest BCUT2D eigenvalue weighted by atomic mass is 10.2. The molecule has 1 fully saturated rings. The molecule has 1 heterocycles. The van der Waals surface area contributed by atoms with E-state index in [2.05, 4.69) is 0 Å². The quantitative estimate of drug-likeness (QED) is 0.749. The topological polar surface area (TPSA) is 57.6 Å². The van der Waals surface area contributed by atoms with Gasteiger partial charge in [0.05, 0.1) is 11.9 Å². The smallest absolute Gasteiger partial charge is 0.214 e. The van der Waals surface area contributed by atoms with Crippen molar-refractivity contribution in [2.75, 3.05) is 18.8 Å². The molecule has 2 atom stereocenters. The molecule has 1 aliphatic rings. The minimum absolute atomic E-state index is 0.192. The molecule has 0 bridgehead atoms. The highest BCUT2D eigenvalue weighted by Crippen LogP contribution is 2.16. The van der Waals surface area contributed by atoms with Crippen LogP contribution >= 0.6 is 0 Å². The number of hydrogen-bond donors (Lipinski definition) is 1. The lowest BCUT2D eigenvalue weighted by Gasteiger charge is -2.18. The highest BCUT2D eigenvalue weighted by molar-refractivity contribution is 7.89. The van der Waals surface area contributed by atoms with E-state index >= 15 is 0 Å². The van der Waals surface area contributed by atoms with Gasteiger partial charge in [-0.25, -0.2) is 8.42 Å². The summed E-state index contributed by atoms with van der Waals surface area (Å²) >= 11 is 0. The monoisotopic (exact) mass is 221 g/mol. The highest BCUT2D eigenvalue weighted by atomic mass is 32.2. The van der Waals surface area contributed by atoms with Crippen molar-refractivity contribution in [2.24, 2.45) is 5.92 Å². The Kier molecular flexibility index (Phi) is 3.92. The van der Waals surface area contributed by atoms with Crippen LogP contribution in [0.4, 0.5) is 0 Å². The summed E-state index contributed by atoms with van der Waals surface area (Å²) in [4.78, 5) is 0. The second-order valence-corrected chi connectivity index (χ2v) is 6.11. The number of sulfonamides is 1. The third-order valence-corrected chi connectivity index (χ3v) is 4.82. The Labute approximate surface area is 86.0 Å². The van der Waals surface area contributed by atoms with Gasteiger partial charge < -0.3 is 5.11 Å². The second kappa shape index (κ2) is 4.59. The molecule has 5 heteroatoms. The third kappa shape index (κ3) is 2.93. The van der Waals surface area contributed by atoms with Crippen LogP contribution in [0.5, 0.6) is 0 Å². The van der Waals surface area contributed by atoms with Gasteiger partial charge in [-0.2, -0.15) is 4.31 Å². The molecule has 14 heavy (non-hydrogen) atoms. The number of β-amino-alcohol motifs (C(OH)–C–C–N with tert-alkyl or cyclic N) is 1. The summed E-state index contributed by atoms with van der Waals surface area (Å²) in [6.45, 7) is 4.67. The molecule has 0 aromatic rings. The molecular formula is C9H19NO3S. The zero-order valence-electron chi connectivity index (χ0n) is 8.81. The fraction of sp³-hybridized carbons (Fsp3) is 1.00. The first kappa shape index (κ1) is 11.9. The van der Waals surface area contributed by atoms with Crippen molar-refractivity contribution in [2.45, 2.75) is 32.8 Å². The predicted molar refractivity (Wildman–Crippen MR) is 55.4 cm³/mol. The Balaban J connectivity index is 2.57. The van der Waals surface area contributed by atoms with Gasteiger partial charge >= 0.3 is 0 Å². The standard InChI is InChI=1S/C9H19NO3S/c1-3-8(2)7-14(12,13)10-5-4-9(11)6-10/h8-9,11H,3-7H2,1-2H3/t8?,9-/m0/s1. The van der Waals surface area contributed by atoms with E-state index in [1.807, 2.05) is 13.8 Å². The predicted octanol–water partition coefficient (Wildman–Crippen LogP) is 0.429. The average Bonchev–Trinajstić information content (AvgIpc) is 2.51. The summed E-state index contributed by atoms with van der Waals surface area (Å²) in [5.74, 6) is 0.397. The molecule has 1 rings (SSSR count). The zero-order valence-corrected chi connectivity index (χ0v) is 9.63. The first-order valence-corrected chi connectivity index (χ1v) is 6.72. The van der Waals surface area contributed by atoms with Gasteiger partial charge in [0.15, 0.2) is 0 Å². The number of aliphatic hydroxyl groups is 1. The van der Waals surface area contributed by atoms with Crippen LogP contribution in [0.25, 0.3) is 0 Å². The van der Waals surface area contributed by atoms with E-state index in [9.17, 15) is 13.5 Å². The summed E-state index contributed by atoms with van der Waals surface area (Å²) in [5, 5.41) is 9.25. The maximum atomic E-state index is 11.8. The molecule has 0 aromatic carbocycles. The molecule has 1 aliphatic heterocycles. The molecule has 0 aliphatic carbocycles. The summed E-state index contributed by atoms with van der Waals surface area (Å²) < 4.78 is 24.9. The van der Waals surface area contributed by atoms with Crippen molar-refractivity contribution in [3.63, 3.8) is 0 Å². The number of hydrogen-bond acceptors (Lipinski definition) is 3. The first-order valence-electron chi connectivity index (χ1n) is 5.11. The lowest BCUT2D eigenvalue weighted by Crippen LogP contribution is -2.33. The van der Waals surface area contributed by atoms with Crippen LogP contribution < -0.4 is 0 Å². The Morgan fingerprint density at radius 2 is 2.21 bits per heavy atom.